The number of methoxy groups -OCH3 is 1. The van der Waals surface area contributed by atoms with Gasteiger partial charge in [0, 0.05) is 22.1 Å². The molecule has 2 aromatic rings. The highest BCUT2D eigenvalue weighted by molar-refractivity contribution is 9.10. The Labute approximate surface area is 133 Å². The lowest BCUT2D eigenvalue weighted by molar-refractivity contribution is 0.273. The molecule has 0 aliphatic carbocycles. The molecular weight excluding hydrogens is 330 g/mol. The number of aryl methyl sites for hydroxylation is 1. The number of hydrogen-bond acceptors (Lipinski definition) is 3. The lowest BCUT2D eigenvalue weighted by Crippen LogP contribution is -2.20. The zero-order valence-corrected chi connectivity index (χ0v) is 13.7. The van der Waals surface area contributed by atoms with E-state index in [0.29, 0.717) is 0 Å². The fourth-order valence-electron chi connectivity index (χ4n) is 2.59. The highest BCUT2D eigenvalue weighted by Gasteiger charge is 2.22. The molecule has 1 N–H and O–H groups in total. The molecule has 1 atom stereocenters. The van der Waals surface area contributed by atoms with Gasteiger partial charge in [0.25, 0.3) is 0 Å². The van der Waals surface area contributed by atoms with Crippen molar-refractivity contribution >= 4 is 21.6 Å². The molecule has 3 rings (SSSR count). The van der Waals surface area contributed by atoms with Gasteiger partial charge in [-0.25, -0.2) is 0 Å². The molecule has 0 fully saturated rings. The number of hydrogen-bond donors (Lipinski definition) is 1. The number of fused-ring (bicyclic) bond motifs is 1. The van der Waals surface area contributed by atoms with Gasteiger partial charge >= 0.3 is 0 Å². The Bertz CT molecular complexity index is 657. The summed E-state index contributed by atoms with van der Waals surface area (Å²) in [6, 6.07) is 12.5. The summed E-state index contributed by atoms with van der Waals surface area (Å²) in [5.74, 6) is 1.80. The van der Waals surface area contributed by atoms with Crippen LogP contribution < -0.4 is 14.8 Å². The van der Waals surface area contributed by atoms with E-state index in [4.69, 9.17) is 9.47 Å². The maximum atomic E-state index is 5.73. The number of rotatable bonds is 3. The van der Waals surface area contributed by atoms with Crippen molar-refractivity contribution in [1.29, 1.82) is 0 Å². The minimum Gasteiger partial charge on any atom is -0.497 e. The molecule has 2 aromatic carbocycles. The third-order valence-electron chi connectivity index (χ3n) is 3.76. The SMILES string of the molecule is COc1ccc2c(c1)C(Nc1ccc(Br)c(C)c1)CCO2. The summed E-state index contributed by atoms with van der Waals surface area (Å²) in [7, 11) is 1.69. The second-order valence-corrected chi connectivity index (χ2v) is 6.06. The van der Waals surface area contributed by atoms with Crippen LogP contribution in [0.15, 0.2) is 40.9 Å². The van der Waals surface area contributed by atoms with Crippen molar-refractivity contribution < 1.29 is 9.47 Å². The first-order chi connectivity index (χ1) is 10.2. The molecule has 0 radical (unpaired) electrons. The molecule has 0 aromatic heterocycles. The summed E-state index contributed by atoms with van der Waals surface area (Å²) in [6.07, 6.45) is 0.940. The molecular formula is C17H18BrNO2. The van der Waals surface area contributed by atoms with Gasteiger partial charge in [0.2, 0.25) is 0 Å². The Kier molecular flexibility index (Phi) is 4.06. The van der Waals surface area contributed by atoms with Gasteiger partial charge in [-0.1, -0.05) is 15.9 Å². The van der Waals surface area contributed by atoms with E-state index in [-0.39, 0.29) is 6.04 Å². The first kappa shape index (κ1) is 14.3. The highest BCUT2D eigenvalue weighted by Crippen LogP contribution is 2.37. The van der Waals surface area contributed by atoms with Crippen molar-refractivity contribution in [1.82, 2.24) is 0 Å². The Balaban J connectivity index is 1.88. The van der Waals surface area contributed by atoms with Crippen LogP contribution in [-0.2, 0) is 0 Å². The summed E-state index contributed by atoms with van der Waals surface area (Å²) in [6.45, 7) is 2.82. The van der Waals surface area contributed by atoms with Gasteiger partial charge in [-0.2, -0.15) is 0 Å². The summed E-state index contributed by atoms with van der Waals surface area (Å²) in [4.78, 5) is 0. The van der Waals surface area contributed by atoms with Crippen LogP contribution in [0.4, 0.5) is 5.69 Å². The molecule has 1 aliphatic heterocycles. The van der Waals surface area contributed by atoms with E-state index in [9.17, 15) is 0 Å². The summed E-state index contributed by atoms with van der Waals surface area (Å²) in [5.41, 5.74) is 3.50. The number of halogens is 1. The van der Waals surface area contributed by atoms with Crippen molar-refractivity contribution in [3.05, 3.63) is 52.0 Å². The third-order valence-corrected chi connectivity index (χ3v) is 4.65. The molecule has 0 saturated heterocycles. The van der Waals surface area contributed by atoms with Crippen molar-refractivity contribution in [3.63, 3.8) is 0 Å². The van der Waals surface area contributed by atoms with Crippen molar-refractivity contribution in [2.45, 2.75) is 19.4 Å². The first-order valence-electron chi connectivity index (χ1n) is 7.01. The maximum Gasteiger partial charge on any atom is 0.124 e. The molecule has 1 aliphatic rings. The average Bonchev–Trinajstić information content (AvgIpc) is 2.51. The lowest BCUT2D eigenvalue weighted by atomic mass is 9.99. The quantitative estimate of drug-likeness (QED) is 0.872. The fourth-order valence-corrected chi connectivity index (χ4v) is 2.83. The molecule has 0 saturated carbocycles. The Morgan fingerprint density at radius 2 is 2.10 bits per heavy atom. The van der Waals surface area contributed by atoms with E-state index in [2.05, 4.69) is 52.4 Å². The molecule has 0 spiro atoms. The predicted molar refractivity (Wildman–Crippen MR) is 88.3 cm³/mol. The first-order valence-corrected chi connectivity index (χ1v) is 7.80. The number of anilines is 1. The molecule has 4 heteroatoms. The van der Waals surface area contributed by atoms with E-state index in [1.165, 1.54) is 5.56 Å². The second kappa shape index (κ2) is 5.98. The van der Waals surface area contributed by atoms with Crippen LogP contribution in [0.2, 0.25) is 0 Å². The van der Waals surface area contributed by atoms with E-state index in [0.717, 1.165) is 40.3 Å². The minimum absolute atomic E-state index is 0.240. The number of ether oxygens (including phenoxy) is 2. The average molecular weight is 348 g/mol. The van der Waals surface area contributed by atoms with Crippen LogP contribution in [0, 0.1) is 6.92 Å². The second-order valence-electron chi connectivity index (χ2n) is 5.20. The van der Waals surface area contributed by atoms with Crippen molar-refractivity contribution in [2.75, 3.05) is 19.0 Å². The van der Waals surface area contributed by atoms with Gasteiger partial charge in [-0.3, -0.25) is 0 Å². The van der Waals surface area contributed by atoms with E-state index < -0.39 is 0 Å². The summed E-state index contributed by atoms with van der Waals surface area (Å²) >= 11 is 3.53. The monoisotopic (exact) mass is 347 g/mol. The summed E-state index contributed by atoms with van der Waals surface area (Å²) in [5, 5.41) is 3.60. The van der Waals surface area contributed by atoms with Crippen LogP contribution >= 0.6 is 15.9 Å². The zero-order valence-electron chi connectivity index (χ0n) is 12.2. The number of benzene rings is 2. The van der Waals surface area contributed by atoms with Gasteiger partial charge in [0.05, 0.1) is 19.8 Å². The van der Waals surface area contributed by atoms with E-state index >= 15 is 0 Å². The minimum atomic E-state index is 0.240. The third kappa shape index (κ3) is 3.00. The smallest absolute Gasteiger partial charge is 0.124 e. The van der Waals surface area contributed by atoms with Crippen LogP contribution in [0.3, 0.4) is 0 Å². The highest BCUT2D eigenvalue weighted by atomic mass is 79.9. The number of nitrogens with one attached hydrogen (secondary N) is 1. The lowest BCUT2D eigenvalue weighted by Gasteiger charge is -2.28. The van der Waals surface area contributed by atoms with Gasteiger partial charge in [-0.15, -0.1) is 0 Å². The van der Waals surface area contributed by atoms with Crippen LogP contribution in [-0.4, -0.2) is 13.7 Å². The normalized spacial score (nSPS) is 16.8. The maximum absolute atomic E-state index is 5.73. The van der Waals surface area contributed by atoms with Gasteiger partial charge in [0.1, 0.15) is 11.5 Å². The Morgan fingerprint density at radius 3 is 2.86 bits per heavy atom. The topological polar surface area (TPSA) is 30.5 Å². The fraction of sp³-hybridized carbons (Fsp3) is 0.294. The van der Waals surface area contributed by atoms with Crippen molar-refractivity contribution in [3.8, 4) is 11.5 Å². The molecule has 3 nitrogen and oxygen atoms in total. The molecule has 1 heterocycles. The van der Waals surface area contributed by atoms with E-state index in [1.54, 1.807) is 7.11 Å². The Hall–Kier alpha value is -1.68. The molecule has 110 valence electrons. The zero-order chi connectivity index (χ0) is 14.8. The van der Waals surface area contributed by atoms with Gasteiger partial charge < -0.3 is 14.8 Å². The van der Waals surface area contributed by atoms with E-state index in [1.807, 2.05) is 12.1 Å². The molecule has 1 unspecified atom stereocenters. The summed E-state index contributed by atoms with van der Waals surface area (Å²) < 4.78 is 12.2. The Morgan fingerprint density at radius 1 is 1.24 bits per heavy atom. The van der Waals surface area contributed by atoms with Crippen molar-refractivity contribution in [2.24, 2.45) is 0 Å². The van der Waals surface area contributed by atoms with Gasteiger partial charge in [0.15, 0.2) is 0 Å². The molecule has 0 bridgehead atoms. The standard InChI is InChI=1S/C17H18BrNO2/c1-11-9-12(3-5-15(11)18)19-16-7-8-21-17-6-4-13(20-2)10-14(16)17/h3-6,9-10,16,19H,7-8H2,1-2H3. The van der Waals surface area contributed by atoms with Crippen LogP contribution in [0.1, 0.15) is 23.6 Å². The largest absolute Gasteiger partial charge is 0.497 e. The predicted octanol–water partition coefficient (Wildman–Crippen LogP) is 4.70. The van der Waals surface area contributed by atoms with Gasteiger partial charge in [-0.05, 0) is 48.9 Å². The molecule has 21 heavy (non-hydrogen) atoms. The molecule has 0 amide bonds. The van der Waals surface area contributed by atoms with Crippen LogP contribution in [0.25, 0.3) is 0 Å². The van der Waals surface area contributed by atoms with Crippen LogP contribution in [0.5, 0.6) is 11.5 Å².